The number of methoxy groups -OCH3 is 1. The molecule has 140 valence electrons. The number of carbonyl (C=O) groups is 2. The Morgan fingerprint density at radius 1 is 1.12 bits per heavy atom. The van der Waals surface area contributed by atoms with Gasteiger partial charge in [-0.05, 0) is 19.8 Å². The van der Waals surface area contributed by atoms with Crippen LogP contribution in [0.3, 0.4) is 0 Å². The number of benzene rings is 1. The van der Waals surface area contributed by atoms with Crippen molar-refractivity contribution < 1.29 is 22.7 Å². The summed E-state index contributed by atoms with van der Waals surface area (Å²) in [4.78, 5) is 27.3. The van der Waals surface area contributed by atoms with Crippen molar-refractivity contribution in [3.63, 3.8) is 0 Å². The van der Waals surface area contributed by atoms with Crippen molar-refractivity contribution in [3.8, 4) is 0 Å². The molecule has 0 aromatic heterocycles. The van der Waals surface area contributed by atoms with Gasteiger partial charge in [0, 0.05) is 37.4 Å². The van der Waals surface area contributed by atoms with Crippen LogP contribution in [0.15, 0.2) is 34.9 Å². The highest BCUT2D eigenvalue weighted by atomic mass is 32.2. The molecule has 1 N–H and O–H groups in total. The van der Waals surface area contributed by atoms with Crippen LogP contribution < -0.4 is 4.72 Å². The number of hydrogen-bond donors (Lipinski definition) is 1. The molecule has 3 rings (SSSR count). The van der Waals surface area contributed by atoms with Gasteiger partial charge < -0.3 is 9.64 Å². The zero-order valence-corrected chi connectivity index (χ0v) is 15.6. The summed E-state index contributed by atoms with van der Waals surface area (Å²) in [6.45, 7) is 2.91. The second-order valence-corrected chi connectivity index (χ2v) is 8.20. The summed E-state index contributed by atoms with van der Waals surface area (Å²) in [5.74, 6) is -1.05. The first-order chi connectivity index (χ1) is 12.4. The molecule has 1 saturated heterocycles. The molecular formula is C18H22N2O5S. The molecule has 1 aliphatic carbocycles. The number of ketones is 2. The van der Waals surface area contributed by atoms with E-state index in [1.54, 1.807) is 30.0 Å². The Labute approximate surface area is 153 Å². The smallest absolute Gasteiger partial charge is 0.247 e. The van der Waals surface area contributed by atoms with E-state index in [0.29, 0.717) is 13.1 Å². The zero-order chi connectivity index (χ0) is 18.9. The van der Waals surface area contributed by atoms with Crippen molar-refractivity contribution in [2.45, 2.75) is 25.8 Å². The van der Waals surface area contributed by atoms with E-state index < -0.39 is 32.5 Å². The Morgan fingerprint density at radius 2 is 1.69 bits per heavy atom. The number of ether oxygens (including phenoxy) is 1. The second-order valence-electron chi connectivity index (χ2n) is 6.55. The Balaban J connectivity index is 2.14. The molecule has 7 nitrogen and oxygen atoms in total. The monoisotopic (exact) mass is 378 g/mol. The predicted octanol–water partition coefficient (Wildman–Crippen LogP) is 1.33. The fraction of sp³-hybridized carbons (Fsp3) is 0.444. The van der Waals surface area contributed by atoms with Crippen LogP contribution in [0, 0.1) is 0 Å². The summed E-state index contributed by atoms with van der Waals surface area (Å²) in [5.41, 5.74) is 0.367. The Morgan fingerprint density at radius 3 is 2.27 bits per heavy atom. The molecule has 1 unspecified atom stereocenters. The Bertz CT molecular complexity index is 869. The molecule has 0 bridgehead atoms. The highest BCUT2D eigenvalue weighted by molar-refractivity contribution is 7.94. The van der Waals surface area contributed by atoms with Gasteiger partial charge in [0.2, 0.25) is 21.6 Å². The minimum Gasteiger partial charge on any atom is -0.383 e. The highest BCUT2D eigenvalue weighted by Crippen LogP contribution is 2.32. The van der Waals surface area contributed by atoms with E-state index in [-0.39, 0.29) is 23.4 Å². The number of rotatable bonds is 6. The van der Waals surface area contributed by atoms with Crippen molar-refractivity contribution in [1.29, 1.82) is 0 Å². The molecule has 8 heteroatoms. The fourth-order valence-corrected chi connectivity index (χ4v) is 4.97. The molecule has 0 radical (unpaired) electrons. The highest BCUT2D eigenvalue weighted by Gasteiger charge is 2.42. The van der Waals surface area contributed by atoms with E-state index in [4.69, 9.17) is 4.74 Å². The minimum absolute atomic E-state index is 0.0108. The summed E-state index contributed by atoms with van der Waals surface area (Å²) in [6.07, 6.45) is 1.71. The third-order valence-corrected chi connectivity index (χ3v) is 6.15. The van der Waals surface area contributed by atoms with E-state index in [1.165, 1.54) is 13.2 Å². The molecule has 2 aliphatic rings. The lowest BCUT2D eigenvalue weighted by atomic mass is 9.92. The first kappa shape index (κ1) is 18.8. The van der Waals surface area contributed by atoms with Crippen LogP contribution in [0.1, 0.15) is 40.5 Å². The minimum atomic E-state index is -4.18. The average molecular weight is 378 g/mol. The number of hydrogen-bond acceptors (Lipinski definition) is 6. The quantitative estimate of drug-likeness (QED) is 0.803. The molecule has 0 amide bonds. The molecule has 1 aliphatic heterocycles. The van der Waals surface area contributed by atoms with Crippen molar-refractivity contribution in [2.24, 2.45) is 0 Å². The number of likely N-dealkylation sites (tertiary alicyclic amines) is 1. The van der Waals surface area contributed by atoms with Gasteiger partial charge in [0.15, 0.2) is 4.91 Å². The Kier molecular flexibility index (Phi) is 5.27. The summed E-state index contributed by atoms with van der Waals surface area (Å²) in [7, 11) is -2.72. The molecular weight excluding hydrogens is 356 g/mol. The molecule has 0 spiro atoms. The predicted molar refractivity (Wildman–Crippen MR) is 96.3 cm³/mol. The van der Waals surface area contributed by atoms with E-state index in [9.17, 15) is 18.0 Å². The third kappa shape index (κ3) is 3.32. The van der Waals surface area contributed by atoms with Gasteiger partial charge in [-0.2, -0.15) is 0 Å². The average Bonchev–Trinajstić information content (AvgIpc) is 3.11. The van der Waals surface area contributed by atoms with Crippen LogP contribution in [0.2, 0.25) is 0 Å². The summed E-state index contributed by atoms with van der Waals surface area (Å²) in [5, 5.41) is 0. The van der Waals surface area contributed by atoms with E-state index >= 15 is 0 Å². The van der Waals surface area contributed by atoms with Gasteiger partial charge in [0.25, 0.3) is 0 Å². The summed E-state index contributed by atoms with van der Waals surface area (Å²) in [6, 6.07) is 5.82. The lowest BCUT2D eigenvalue weighted by Crippen LogP contribution is -2.42. The van der Waals surface area contributed by atoms with Crippen molar-refractivity contribution in [1.82, 2.24) is 9.62 Å². The number of Topliss-reactive ketones (excluding diaryl/α,β-unsaturated/α-hetero) is 2. The number of sulfonamides is 1. The van der Waals surface area contributed by atoms with E-state index in [0.717, 1.165) is 12.8 Å². The van der Waals surface area contributed by atoms with Crippen molar-refractivity contribution >= 4 is 21.6 Å². The summed E-state index contributed by atoms with van der Waals surface area (Å²) >= 11 is 0. The lowest BCUT2D eigenvalue weighted by Gasteiger charge is -2.28. The normalized spacial score (nSPS) is 19.1. The topological polar surface area (TPSA) is 92.8 Å². The SMILES string of the molecule is COCC(C)NS(=O)(=O)C1=C(N2CCCC2)C(=O)c2ccccc2C1=O. The number of nitrogens with zero attached hydrogens (tertiary/aromatic N) is 1. The van der Waals surface area contributed by atoms with Gasteiger partial charge in [-0.1, -0.05) is 24.3 Å². The van der Waals surface area contributed by atoms with Gasteiger partial charge in [0.1, 0.15) is 5.70 Å². The number of nitrogens with one attached hydrogen (secondary N) is 1. The molecule has 1 aromatic rings. The van der Waals surface area contributed by atoms with E-state index in [1.807, 2.05) is 0 Å². The van der Waals surface area contributed by atoms with E-state index in [2.05, 4.69) is 4.72 Å². The van der Waals surface area contributed by atoms with Gasteiger partial charge in [-0.3, -0.25) is 9.59 Å². The fourth-order valence-electron chi connectivity index (χ4n) is 3.42. The first-order valence-electron chi connectivity index (χ1n) is 8.55. The van der Waals surface area contributed by atoms with Crippen LogP contribution >= 0.6 is 0 Å². The van der Waals surface area contributed by atoms with Crippen molar-refractivity contribution in [2.75, 3.05) is 26.8 Å². The third-order valence-electron chi connectivity index (χ3n) is 4.52. The maximum Gasteiger partial charge on any atom is 0.247 e. The van der Waals surface area contributed by atoms with Crippen LogP contribution in [0.5, 0.6) is 0 Å². The van der Waals surface area contributed by atoms with Crippen LogP contribution in [-0.4, -0.2) is 57.7 Å². The number of carbonyl (C=O) groups excluding carboxylic acids is 2. The first-order valence-corrected chi connectivity index (χ1v) is 10.0. The van der Waals surface area contributed by atoms with Crippen LogP contribution in [0.4, 0.5) is 0 Å². The number of fused-ring (bicyclic) bond motifs is 1. The van der Waals surface area contributed by atoms with Crippen LogP contribution in [0.25, 0.3) is 0 Å². The zero-order valence-electron chi connectivity index (χ0n) is 14.8. The molecule has 1 heterocycles. The Hall–Kier alpha value is -2.03. The maximum atomic E-state index is 13.0. The van der Waals surface area contributed by atoms with Crippen LogP contribution in [-0.2, 0) is 14.8 Å². The number of allylic oxidation sites excluding steroid dienone is 2. The van der Waals surface area contributed by atoms with Crippen molar-refractivity contribution in [3.05, 3.63) is 46.0 Å². The lowest BCUT2D eigenvalue weighted by molar-refractivity contribution is 0.0952. The summed E-state index contributed by atoms with van der Waals surface area (Å²) < 4.78 is 33.4. The van der Waals surface area contributed by atoms with Gasteiger partial charge in [0.05, 0.1) is 6.61 Å². The van der Waals surface area contributed by atoms with Gasteiger partial charge in [-0.25, -0.2) is 13.1 Å². The maximum absolute atomic E-state index is 13.0. The second kappa shape index (κ2) is 7.30. The van der Waals surface area contributed by atoms with Gasteiger partial charge in [-0.15, -0.1) is 0 Å². The molecule has 1 atom stereocenters. The standard InChI is InChI=1S/C18H22N2O5S/c1-12(11-25-2)19-26(23,24)18-15(20-9-5-6-10-20)16(21)13-7-3-4-8-14(13)17(18)22/h3-4,7-8,12,19H,5-6,9-11H2,1-2H3. The molecule has 0 saturated carbocycles. The largest absolute Gasteiger partial charge is 0.383 e. The molecule has 1 fully saturated rings. The van der Waals surface area contributed by atoms with Gasteiger partial charge >= 0.3 is 0 Å². The molecule has 26 heavy (non-hydrogen) atoms. The molecule has 1 aromatic carbocycles.